The minimum absolute atomic E-state index is 0.00505. The number of esters is 2. The van der Waals surface area contributed by atoms with Crippen molar-refractivity contribution < 1.29 is 107 Å². The van der Waals surface area contributed by atoms with Crippen LogP contribution in [0.4, 0.5) is 0 Å². The predicted molar refractivity (Wildman–Crippen MR) is 488 cm³/mol. The normalized spacial score (nSPS) is 14.2. The number of nitrogens with zero attached hydrogens (tertiary/aromatic N) is 6. The first kappa shape index (κ1) is 101. The Morgan fingerprint density at radius 1 is 0.432 bits per heavy atom. The van der Waals surface area contributed by atoms with Crippen molar-refractivity contribution in [2.45, 2.75) is 118 Å². The van der Waals surface area contributed by atoms with Gasteiger partial charge in [0.1, 0.15) is 79.6 Å². The number of pyridine rings is 1. The molecule has 0 saturated carbocycles. The fourth-order valence-corrected chi connectivity index (χ4v) is 13.6. The number of methoxy groups -OCH3 is 2. The van der Waals surface area contributed by atoms with Crippen LogP contribution in [0.1, 0.15) is 159 Å². The van der Waals surface area contributed by atoms with Gasteiger partial charge in [0.2, 0.25) is 0 Å². The second kappa shape index (κ2) is 46.7. The molecule has 4 unspecified atom stereocenters. The number of aromatic nitrogens is 1. The lowest BCUT2D eigenvalue weighted by Gasteiger charge is -2.18. The van der Waals surface area contributed by atoms with Crippen LogP contribution in [0, 0.1) is 98.2 Å². The zero-order valence-corrected chi connectivity index (χ0v) is 75.0. The van der Waals surface area contributed by atoms with Crippen LogP contribution in [0.15, 0.2) is 200 Å². The van der Waals surface area contributed by atoms with Crippen molar-refractivity contribution in [3.63, 3.8) is 0 Å². The summed E-state index contributed by atoms with van der Waals surface area (Å²) in [7, 11) is 2.60. The monoisotopic (exact) mass is 1790 g/mol. The Hall–Kier alpha value is -15.2. The molecule has 0 aliphatic carbocycles. The first-order valence-electron chi connectivity index (χ1n) is 41.5. The number of amides is 1. The van der Waals surface area contributed by atoms with Gasteiger partial charge < -0.3 is 88.4 Å². The van der Waals surface area contributed by atoms with Crippen molar-refractivity contribution in [2.24, 2.45) is 0 Å². The number of aromatic carboxylic acids is 2. The molecule has 11 aromatic rings. The number of nitriles is 5. The third-order valence-electron chi connectivity index (χ3n) is 20.3. The molecule has 1 aromatic heterocycles. The first-order valence-corrected chi connectivity index (χ1v) is 41.5. The topological polar surface area (TPSA) is 463 Å². The van der Waals surface area contributed by atoms with Crippen molar-refractivity contribution in [3.05, 3.63) is 295 Å². The maximum Gasteiger partial charge on any atom is 0.338 e. The number of rotatable bonds is 26. The zero-order valence-electron chi connectivity index (χ0n) is 75.0. The summed E-state index contributed by atoms with van der Waals surface area (Å²) in [5, 5.41) is 115. The van der Waals surface area contributed by atoms with Gasteiger partial charge in [-0.1, -0.05) is 66.7 Å². The van der Waals surface area contributed by atoms with E-state index in [1.54, 1.807) is 103 Å². The molecule has 5 atom stereocenters. The van der Waals surface area contributed by atoms with E-state index >= 15 is 0 Å². The van der Waals surface area contributed by atoms with E-state index in [0.717, 1.165) is 44.6 Å². The Labute approximate surface area is 764 Å². The largest absolute Gasteiger partial charge is 0.508 e. The summed E-state index contributed by atoms with van der Waals surface area (Å²) in [6, 6.07) is 65.3. The molecule has 10 aromatic carbocycles. The van der Waals surface area contributed by atoms with Crippen molar-refractivity contribution in [3.8, 4) is 115 Å². The quantitative estimate of drug-likeness (QED) is 0.0233. The highest BCUT2D eigenvalue weighted by molar-refractivity contribution is 5.97. The molecule has 132 heavy (non-hydrogen) atoms. The fraction of sp³-hybridized carbons (Fsp3) is 0.272. The second-order valence-corrected chi connectivity index (χ2v) is 31.9. The third kappa shape index (κ3) is 28.7. The zero-order chi connectivity index (χ0) is 96.3. The lowest BCUT2D eigenvalue weighted by atomic mass is 9.96. The summed E-state index contributed by atoms with van der Waals surface area (Å²) in [5.41, 5.74) is 16.4. The average Bonchev–Trinajstić information content (AvgIpc) is 0.998. The molecule has 8 N–H and O–H groups in total. The van der Waals surface area contributed by atoms with Crippen LogP contribution in [0.25, 0.3) is 55.6 Å². The van der Waals surface area contributed by atoms with Crippen molar-refractivity contribution in [1.29, 1.82) is 26.3 Å². The van der Waals surface area contributed by atoms with Gasteiger partial charge in [0.25, 0.3) is 5.91 Å². The number of aromatic hydroxyl groups is 1. The molecule has 1 amide bonds. The van der Waals surface area contributed by atoms with Gasteiger partial charge in [-0.05, 0) is 293 Å². The number of phenols is 1. The SMILES string of the molecule is COC(=O)c1cc(O)cc(-c2ccc(C)cc2C#N)c1.COC(=O)c1cc(OCC2COC(C)(C)O2)cc(-c2ccc(C)cc2C#N)c1.Cc1ccc(-c2cc(OCC(O)CO)cc(C(=O)N[C@H](C)c3ccc(C)nc3)c2)c(C#N)c1.Cc1ccc(-c2cc(OCC(O)CO)cc(C(=O)O)c2)c(C#N)c1.Cc1ccc(-c2cc(OCC3COC(C)(C)O3)cc(C(=O)O)c2)c(C#N)c1. The number of nitrogens with one attached hydrogen (secondary N) is 1. The van der Waals surface area contributed by atoms with Crippen LogP contribution in [-0.2, 0) is 28.4 Å². The van der Waals surface area contributed by atoms with Crippen molar-refractivity contribution in [1.82, 2.24) is 10.3 Å². The molecule has 3 heterocycles. The number of carboxylic acids is 2. The number of phenolic OH excluding ortho intramolecular Hbond substituents is 1. The highest BCUT2D eigenvalue weighted by Crippen LogP contribution is 2.37. The maximum absolute atomic E-state index is 13.1. The van der Waals surface area contributed by atoms with E-state index in [9.17, 15) is 75.8 Å². The van der Waals surface area contributed by atoms with E-state index < -0.39 is 60.9 Å². The van der Waals surface area contributed by atoms with Gasteiger partial charge in [-0.3, -0.25) is 9.78 Å². The van der Waals surface area contributed by atoms with Gasteiger partial charge in [0.05, 0.1) is 127 Å². The first-order chi connectivity index (χ1) is 62.9. The number of aliphatic hydroxyl groups is 4. The minimum atomic E-state index is -1.13. The molecule has 13 rings (SSSR count). The number of carbonyl (C=O) groups is 5. The lowest BCUT2D eigenvalue weighted by molar-refractivity contribution is -0.141. The number of benzene rings is 10. The Bertz CT molecular complexity index is 6250. The van der Waals surface area contributed by atoms with Gasteiger partial charge in [0.15, 0.2) is 11.6 Å². The molecule has 29 heteroatoms. The summed E-state index contributed by atoms with van der Waals surface area (Å²) in [4.78, 5) is 63.9. The predicted octanol–water partition coefficient (Wildman–Crippen LogP) is 16.1. The molecule has 0 bridgehead atoms. The molecule has 0 radical (unpaired) electrons. The molecule has 2 aliphatic heterocycles. The van der Waals surface area contributed by atoms with E-state index in [1.165, 1.54) is 44.6 Å². The Morgan fingerprint density at radius 2 is 0.742 bits per heavy atom. The maximum atomic E-state index is 13.1. The summed E-state index contributed by atoms with van der Waals surface area (Å²) in [6.45, 7) is 20.8. The van der Waals surface area contributed by atoms with E-state index in [-0.39, 0.29) is 78.8 Å². The number of carboxylic acid groups (broad SMARTS) is 2. The molecule has 2 fully saturated rings. The van der Waals surface area contributed by atoms with E-state index in [4.69, 9.17) is 52.8 Å². The summed E-state index contributed by atoms with van der Waals surface area (Å²) in [5.74, 6) is -3.35. The molecule has 680 valence electrons. The number of aliphatic hydroxyl groups excluding tert-OH is 4. The van der Waals surface area contributed by atoms with Gasteiger partial charge in [-0.15, -0.1) is 0 Å². The smallest absolute Gasteiger partial charge is 0.338 e. The highest BCUT2D eigenvalue weighted by atomic mass is 16.8. The molecular formula is C103H101N7O22. The standard InChI is InChI=1S/C26H27N3O4.C22H23NO5.C21H21NO5.C18H17NO5.C16H13NO3/c1-16-4-7-25(22(8-16)12-27)20-9-21(11-24(10-20)33-15-23(31)14-30)26(32)29-18(3)19-6-5-17(2)28-13-19;1-14-5-6-20(17(7-14)11-23)15-8-16(21(24)25-4)10-18(9-15)26-12-19-13-27-22(2,3)28-19;1-13-4-5-19(16(6-13)10-22)14-7-15(20(23)24)9-17(8-14)25-11-18-12-26-21(2,3)27-18;1-11-2-3-17(14(4-11)8-19)12-5-13(18(22)23)7-16(6-12)24-10-15(21)9-20;1-10-3-4-15(13(5-10)9-17)11-6-12(16(19)20-2)8-14(18)7-11/h4-11,13,18,23,30-31H,14-15H2,1-3H3,(H,29,32);5-10,19H,12-13H2,1-4H3;4-9,18H,11-12H2,1-3H3,(H,23,24);2-7,15,20-21H,9-10H2,1H3,(H,22,23);3-8,18H,1-2H3/t18-,23?;;;;/m1..../s1. The van der Waals surface area contributed by atoms with Crippen LogP contribution in [0.5, 0.6) is 28.7 Å². The van der Waals surface area contributed by atoms with Gasteiger partial charge in [0, 0.05) is 17.5 Å². The highest BCUT2D eigenvalue weighted by Gasteiger charge is 2.35. The van der Waals surface area contributed by atoms with Gasteiger partial charge >= 0.3 is 23.9 Å². The van der Waals surface area contributed by atoms with Crippen molar-refractivity contribution in [2.75, 3.05) is 67.1 Å². The average molecular weight is 1790 g/mol. The van der Waals surface area contributed by atoms with Crippen molar-refractivity contribution >= 4 is 29.8 Å². The Morgan fingerprint density at radius 3 is 1.05 bits per heavy atom. The summed E-state index contributed by atoms with van der Waals surface area (Å²) < 4.78 is 54.7. The number of aryl methyl sites for hydroxylation is 6. The summed E-state index contributed by atoms with van der Waals surface area (Å²) >= 11 is 0. The number of hydrogen-bond donors (Lipinski definition) is 8. The Kier molecular flexibility index (Phi) is 35.6. The van der Waals surface area contributed by atoms with Crippen LogP contribution >= 0.6 is 0 Å². The summed E-state index contributed by atoms with van der Waals surface area (Å²) in [6.07, 6.45) is -0.808. The van der Waals surface area contributed by atoms with Gasteiger partial charge in [-0.2, -0.15) is 26.3 Å². The molecule has 2 aliphatic rings. The Balaban J connectivity index is 0.000000187. The number of ether oxygens (including phenoxy) is 10. The van der Waals surface area contributed by atoms with E-state index in [1.807, 2.05) is 143 Å². The van der Waals surface area contributed by atoms with Crippen LogP contribution in [-0.4, -0.2) is 174 Å². The lowest BCUT2D eigenvalue weighted by Crippen LogP contribution is -2.27. The second-order valence-electron chi connectivity index (χ2n) is 31.9. The molecule has 29 nitrogen and oxygen atoms in total. The fourth-order valence-electron chi connectivity index (χ4n) is 13.6. The third-order valence-corrected chi connectivity index (χ3v) is 20.3. The van der Waals surface area contributed by atoms with Gasteiger partial charge in [-0.25, -0.2) is 19.2 Å². The molecule has 0 spiro atoms. The van der Waals surface area contributed by atoms with E-state index in [0.29, 0.717) is 119 Å². The molecule has 2 saturated heterocycles. The van der Waals surface area contributed by atoms with E-state index in [2.05, 4.69) is 45.4 Å². The van der Waals surface area contributed by atoms with Crippen LogP contribution in [0.2, 0.25) is 0 Å². The number of carbonyl (C=O) groups excluding carboxylic acids is 3. The minimum Gasteiger partial charge on any atom is -0.508 e. The molecular weight excluding hydrogens is 1690 g/mol. The number of hydrogen-bond acceptors (Lipinski definition) is 26. The van der Waals surface area contributed by atoms with Crippen LogP contribution < -0.4 is 24.3 Å². The van der Waals surface area contributed by atoms with Crippen LogP contribution in [0.3, 0.4) is 0 Å².